The highest BCUT2D eigenvalue weighted by molar-refractivity contribution is 8.01. The second-order valence-electron chi connectivity index (χ2n) is 8.86. The number of hydrogen-bond donors (Lipinski definition) is 1. The van der Waals surface area contributed by atoms with Gasteiger partial charge in [0.05, 0.1) is 22.8 Å². The van der Waals surface area contributed by atoms with Gasteiger partial charge in [-0.3, -0.25) is 9.78 Å². The summed E-state index contributed by atoms with van der Waals surface area (Å²) >= 11 is 3.59. The second kappa shape index (κ2) is 11.5. The van der Waals surface area contributed by atoms with Gasteiger partial charge in [-0.1, -0.05) is 0 Å². The fourth-order valence-electron chi connectivity index (χ4n) is 4.73. The Hall–Kier alpha value is -2.16. The summed E-state index contributed by atoms with van der Waals surface area (Å²) in [7, 11) is 1.59. The van der Waals surface area contributed by atoms with Gasteiger partial charge in [-0.25, -0.2) is 4.39 Å². The van der Waals surface area contributed by atoms with Gasteiger partial charge in [-0.2, -0.15) is 0 Å². The molecule has 0 unspecified atom stereocenters. The highest BCUT2D eigenvalue weighted by Gasteiger charge is 2.34. The molecule has 0 saturated carbocycles. The quantitative estimate of drug-likeness (QED) is 0.332. The smallest absolute Gasteiger partial charge is 0.308 e. The minimum Gasteiger partial charge on any atom is -0.497 e. The lowest BCUT2D eigenvalue weighted by atomic mass is 9.81. The summed E-state index contributed by atoms with van der Waals surface area (Å²) in [5, 5.41) is 12.7. The van der Waals surface area contributed by atoms with Crippen molar-refractivity contribution in [2.24, 2.45) is 11.8 Å². The first-order valence-electron chi connectivity index (χ1n) is 11.6. The van der Waals surface area contributed by atoms with E-state index in [0.717, 1.165) is 36.2 Å². The number of carboxylic acid groups (broad SMARTS) is 1. The molecular formula is C26H31FN2O3S2. The van der Waals surface area contributed by atoms with Crippen molar-refractivity contribution in [3.63, 3.8) is 0 Å². The average molecular weight is 503 g/mol. The first kappa shape index (κ1) is 24.9. The maximum absolute atomic E-state index is 15.4. The SMILES string of the molecule is COc1ccc2nccc([C@H](F)CC[C@@H]3CCN(CCSc4sccc4C)C[C@@H]3C(=O)O)c2c1. The van der Waals surface area contributed by atoms with Gasteiger partial charge in [-0.15, -0.1) is 23.1 Å². The number of halogens is 1. The Labute approximate surface area is 208 Å². The lowest BCUT2D eigenvalue weighted by molar-refractivity contribution is -0.146. The summed E-state index contributed by atoms with van der Waals surface area (Å²) in [5.41, 5.74) is 2.63. The van der Waals surface area contributed by atoms with E-state index in [4.69, 9.17) is 4.74 Å². The van der Waals surface area contributed by atoms with Crippen LogP contribution in [0.1, 0.15) is 36.6 Å². The summed E-state index contributed by atoms with van der Waals surface area (Å²) in [6, 6.07) is 9.31. The van der Waals surface area contributed by atoms with Crippen LogP contribution in [0.4, 0.5) is 4.39 Å². The van der Waals surface area contributed by atoms with Crippen LogP contribution in [0, 0.1) is 18.8 Å². The first-order chi connectivity index (χ1) is 16.5. The van der Waals surface area contributed by atoms with Gasteiger partial charge >= 0.3 is 5.97 Å². The number of aromatic nitrogens is 1. The largest absolute Gasteiger partial charge is 0.497 e. The molecule has 1 aliphatic rings. The van der Waals surface area contributed by atoms with Gasteiger partial charge in [-0.05, 0) is 85.5 Å². The molecule has 0 bridgehead atoms. The monoisotopic (exact) mass is 502 g/mol. The Morgan fingerprint density at radius 2 is 2.24 bits per heavy atom. The molecule has 1 fully saturated rings. The molecule has 0 radical (unpaired) electrons. The van der Waals surface area contributed by atoms with Gasteiger partial charge in [0.25, 0.3) is 0 Å². The number of carboxylic acids is 1. The summed E-state index contributed by atoms with van der Waals surface area (Å²) in [6.45, 7) is 4.39. The summed E-state index contributed by atoms with van der Waals surface area (Å²) in [6.07, 6.45) is 2.11. The molecule has 1 N–H and O–H groups in total. The molecule has 3 aromatic rings. The molecule has 4 rings (SSSR count). The maximum atomic E-state index is 15.4. The summed E-state index contributed by atoms with van der Waals surface area (Å²) in [5.74, 6) is 0.375. The lowest BCUT2D eigenvalue weighted by Gasteiger charge is -2.36. The predicted molar refractivity (Wildman–Crippen MR) is 137 cm³/mol. The van der Waals surface area contributed by atoms with E-state index in [1.165, 1.54) is 9.77 Å². The minimum absolute atomic E-state index is 0.0122. The van der Waals surface area contributed by atoms with Crippen molar-refractivity contribution in [3.05, 3.63) is 53.0 Å². The maximum Gasteiger partial charge on any atom is 0.308 e. The van der Waals surface area contributed by atoms with Crippen LogP contribution in [0.25, 0.3) is 10.9 Å². The second-order valence-corrected chi connectivity index (χ2v) is 11.1. The first-order valence-corrected chi connectivity index (χ1v) is 13.5. The number of benzene rings is 1. The van der Waals surface area contributed by atoms with E-state index in [1.807, 2.05) is 30.0 Å². The Morgan fingerprint density at radius 1 is 1.38 bits per heavy atom. The third-order valence-corrected chi connectivity index (χ3v) is 9.15. The van der Waals surface area contributed by atoms with Crippen LogP contribution in [0.15, 0.2) is 46.1 Å². The molecule has 182 valence electrons. The molecule has 0 amide bonds. The van der Waals surface area contributed by atoms with E-state index in [2.05, 4.69) is 28.3 Å². The molecule has 5 nitrogen and oxygen atoms in total. The molecule has 34 heavy (non-hydrogen) atoms. The molecule has 8 heteroatoms. The van der Waals surface area contributed by atoms with E-state index >= 15 is 4.39 Å². The molecule has 3 heterocycles. The molecule has 3 atom stereocenters. The number of fused-ring (bicyclic) bond motifs is 1. The number of hydrogen-bond acceptors (Lipinski definition) is 6. The van der Waals surface area contributed by atoms with Gasteiger partial charge in [0, 0.05) is 30.4 Å². The van der Waals surface area contributed by atoms with Gasteiger partial charge in [0.15, 0.2) is 0 Å². The van der Waals surface area contributed by atoms with Crippen molar-refractivity contribution in [2.75, 3.05) is 32.5 Å². The van der Waals surface area contributed by atoms with Crippen molar-refractivity contribution >= 4 is 40.0 Å². The summed E-state index contributed by atoms with van der Waals surface area (Å²) in [4.78, 5) is 18.6. The molecule has 1 aromatic carbocycles. The van der Waals surface area contributed by atoms with E-state index < -0.39 is 18.1 Å². The standard InChI is InChI=1S/C26H31FN2O3S2/c1-17-9-13-33-26(17)34-14-12-29-11-8-18(22(16-29)25(30)31)3-5-23(27)20-7-10-28-24-6-4-19(32-2)15-21(20)24/h4,6-7,9-10,13,15,18,22-23H,3,5,8,11-12,14,16H2,1-2H3,(H,30,31)/t18-,22+,23-/m1/s1. The number of rotatable bonds is 10. The number of thiophene rings is 1. The number of alkyl halides is 1. The van der Waals surface area contributed by atoms with Gasteiger partial charge < -0.3 is 14.7 Å². The number of likely N-dealkylation sites (tertiary alicyclic amines) is 1. The van der Waals surface area contributed by atoms with E-state index in [0.29, 0.717) is 30.7 Å². The van der Waals surface area contributed by atoms with Crippen molar-refractivity contribution in [3.8, 4) is 5.75 Å². The molecular weight excluding hydrogens is 471 g/mol. The number of aryl methyl sites for hydroxylation is 1. The fourth-order valence-corrected chi connectivity index (χ4v) is 6.90. The van der Waals surface area contributed by atoms with Crippen LogP contribution in [-0.2, 0) is 4.79 Å². The highest BCUT2D eigenvalue weighted by atomic mass is 32.2. The van der Waals surface area contributed by atoms with Crippen LogP contribution in [0.3, 0.4) is 0 Å². The topological polar surface area (TPSA) is 62.7 Å². The number of thioether (sulfide) groups is 1. The van der Waals surface area contributed by atoms with E-state index in [-0.39, 0.29) is 5.92 Å². The normalized spacial score (nSPS) is 19.9. The fraction of sp³-hybridized carbons (Fsp3) is 0.462. The van der Waals surface area contributed by atoms with Crippen LogP contribution >= 0.6 is 23.1 Å². The molecule has 1 saturated heterocycles. The average Bonchev–Trinajstić information content (AvgIpc) is 3.26. The third-order valence-electron chi connectivity index (χ3n) is 6.72. The molecule has 0 spiro atoms. The van der Waals surface area contributed by atoms with Crippen molar-refractivity contribution in [1.82, 2.24) is 9.88 Å². The van der Waals surface area contributed by atoms with Crippen LogP contribution < -0.4 is 4.74 Å². The molecule has 1 aliphatic heterocycles. The van der Waals surface area contributed by atoms with Crippen LogP contribution in [0.2, 0.25) is 0 Å². The zero-order valence-electron chi connectivity index (χ0n) is 19.6. The number of carbonyl (C=O) groups is 1. The van der Waals surface area contributed by atoms with Crippen molar-refractivity contribution in [2.45, 2.75) is 36.6 Å². The minimum atomic E-state index is -1.17. The predicted octanol–water partition coefficient (Wildman–Crippen LogP) is 6.22. The van der Waals surface area contributed by atoms with Gasteiger partial charge in [0.2, 0.25) is 0 Å². The zero-order valence-corrected chi connectivity index (χ0v) is 21.2. The van der Waals surface area contributed by atoms with Crippen LogP contribution in [-0.4, -0.2) is 53.5 Å². The van der Waals surface area contributed by atoms with Crippen molar-refractivity contribution < 1.29 is 19.0 Å². The Balaban J connectivity index is 1.34. The molecule has 2 aromatic heterocycles. The Kier molecular flexibility index (Phi) is 8.45. The highest BCUT2D eigenvalue weighted by Crippen LogP contribution is 2.36. The number of aliphatic carboxylic acids is 1. The number of methoxy groups -OCH3 is 1. The number of ether oxygens (including phenoxy) is 1. The van der Waals surface area contributed by atoms with Crippen molar-refractivity contribution in [1.29, 1.82) is 0 Å². The van der Waals surface area contributed by atoms with Crippen LogP contribution in [0.5, 0.6) is 5.75 Å². The number of piperidine rings is 1. The lowest BCUT2D eigenvalue weighted by Crippen LogP contribution is -2.44. The Morgan fingerprint density at radius 3 is 2.97 bits per heavy atom. The summed E-state index contributed by atoms with van der Waals surface area (Å²) < 4.78 is 22.0. The number of pyridine rings is 1. The van der Waals surface area contributed by atoms with E-state index in [1.54, 1.807) is 30.7 Å². The number of nitrogens with zero attached hydrogens (tertiary/aromatic N) is 2. The molecule has 0 aliphatic carbocycles. The Bertz CT molecular complexity index is 1120. The third kappa shape index (κ3) is 5.90. The zero-order chi connectivity index (χ0) is 24.1. The van der Waals surface area contributed by atoms with E-state index in [9.17, 15) is 9.90 Å². The van der Waals surface area contributed by atoms with Gasteiger partial charge in [0.1, 0.15) is 11.9 Å².